The Hall–Kier alpha value is -3.72. The Kier molecular flexibility index (Phi) is 5.79. The first kappa shape index (κ1) is 21.1. The molecule has 0 saturated carbocycles. The Labute approximate surface area is 191 Å². The third-order valence-electron chi connectivity index (χ3n) is 5.62. The van der Waals surface area contributed by atoms with Gasteiger partial charge in [0, 0.05) is 43.0 Å². The van der Waals surface area contributed by atoms with Crippen molar-refractivity contribution in [3.05, 3.63) is 77.7 Å². The zero-order valence-electron chi connectivity index (χ0n) is 17.9. The molecule has 9 heteroatoms. The summed E-state index contributed by atoms with van der Waals surface area (Å²) in [5.41, 5.74) is 3.32. The fraction of sp³-hybridized carbons (Fsp3) is 0.208. The molecule has 1 N–H and O–H groups in total. The molecule has 3 heterocycles. The second kappa shape index (κ2) is 9.03. The van der Waals surface area contributed by atoms with E-state index in [1.54, 1.807) is 33.7 Å². The predicted octanol–water partition coefficient (Wildman–Crippen LogP) is 2.41. The average molecular weight is 441 g/mol. The van der Waals surface area contributed by atoms with Gasteiger partial charge in [-0.2, -0.15) is 9.61 Å². The standard InChI is InChI=1S/C24H21BFN5O2/c25-19-15-28-31-22(13-21(29-23(19)31)18-3-1-2-4-20(18)26)27-14-16-5-7-17(8-6-16)24(32)30-9-11-33-12-10-30/h1-8,13,15,27H,9-12,14H2. The number of ether oxygens (including phenoxy) is 1. The highest BCUT2D eigenvalue weighted by Crippen LogP contribution is 2.24. The lowest BCUT2D eigenvalue weighted by Gasteiger charge is -2.26. The molecule has 2 radical (unpaired) electrons. The number of amides is 1. The smallest absolute Gasteiger partial charge is 0.254 e. The summed E-state index contributed by atoms with van der Waals surface area (Å²) in [6.45, 7) is 2.83. The summed E-state index contributed by atoms with van der Waals surface area (Å²) in [6.07, 6.45) is 1.52. The highest BCUT2D eigenvalue weighted by atomic mass is 19.1. The van der Waals surface area contributed by atoms with E-state index in [1.807, 2.05) is 24.3 Å². The van der Waals surface area contributed by atoms with Crippen molar-refractivity contribution >= 4 is 30.7 Å². The van der Waals surface area contributed by atoms with Crippen molar-refractivity contribution in [2.24, 2.45) is 0 Å². The highest BCUT2D eigenvalue weighted by molar-refractivity contribution is 6.36. The van der Waals surface area contributed by atoms with E-state index >= 15 is 0 Å². The first-order chi connectivity index (χ1) is 16.1. The molecule has 2 aromatic carbocycles. The van der Waals surface area contributed by atoms with Crippen molar-refractivity contribution in [2.45, 2.75) is 6.54 Å². The van der Waals surface area contributed by atoms with Gasteiger partial charge in [0.25, 0.3) is 5.91 Å². The Balaban J connectivity index is 1.37. The summed E-state index contributed by atoms with van der Waals surface area (Å²) in [7, 11) is 6.03. The van der Waals surface area contributed by atoms with Crippen LogP contribution in [0.2, 0.25) is 0 Å². The molecule has 1 amide bonds. The number of aromatic nitrogens is 3. The van der Waals surface area contributed by atoms with Crippen molar-refractivity contribution in [1.29, 1.82) is 0 Å². The SMILES string of the molecule is [B]c1cnn2c(NCc3ccc(C(=O)N4CCOCC4)cc3)cc(-c3ccccc3F)nc12. The van der Waals surface area contributed by atoms with Gasteiger partial charge < -0.3 is 15.0 Å². The summed E-state index contributed by atoms with van der Waals surface area (Å²) in [6, 6.07) is 15.7. The fourth-order valence-electron chi connectivity index (χ4n) is 3.82. The van der Waals surface area contributed by atoms with Crippen molar-refractivity contribution < 1.29 is 13.9 Å². The first-order valence-electron chi connectivity index (χ1n) is 10.7. The number of fused-ring (bicyclic) bond motifs is 1. The van der Waals surface area contributed by atoms with Crippen molar-refractivity contribution in [2.75, 3.05) is 31.6 Å². The maximum absolute atomic E-state index is 14.4. The monoisotopic (exact) mass is 441 g/mol. The van der Waals surface area contributed by atoms with Gasteiger partial charge in [0.2, 0.25) is 0 Å². The van der Waals surface area contributed by atoms with Crippen molar-refractivity contribution in [3.63, 3.8) is 0 Å². The summed E-state index contributed by atoms with van der Waals surface area (Å²) >= 11 is 0. The van der Waals surface area contributed by atoms with E-state index in [0.717, 1.165) is 5.56 Å². The predicted molar refractivity (Wildman–Crippen MR) is 124 cm³/mol. The number of nitrogens with one attached hydrogen (secondary N) is 1. The highest BCUT2D eigenvalue weighted by Gasteiger charge is 2.18. The molecule has 0 bridgehead atoms. The number of halogens is 1. The van der Waals surface area contributed by atoms with Gasteiger partial charge in [-0.15, -0.1) is 0 Å². The fourth-order valence-corrected chi connectivity index (χ4v) is 3.82. The van der Waals surface area contributed by atoms with Crippen LogP contribution in [0.15, 0.2) is 60.8 Å². The quantitative estimate of drug-likeness (QED) is 0.482. The minimum atomic E-state index is -0.362. The van der Waals surface area contributed by atoms with Crippen molar-refractivity contribution in [1.82, 2.24) is 19.5 Å². The van der Waals surface area contributed by atoms with E-state index in [0.29, 0.717) is 66.6 Å². The van der Waals surface area contributed by atoms with Crippen LogP contribution in [0, 0.1) is 5.82 Å². The third kappa shape index (κ3) is 4.32. The number of benzene rings is 2. The van der Waals surface area contributed by atoms with Crippen LogP contribution in [-0.4, -0.2) is 59.6 Å². The summed E-state index contributed by atoms with van der Waals surface area (Å²) < 4.78 is 21.3. The molecule has 5 rings (SSSR count). The van der Waals surface area contributed by atoms with Crippen LogP contribution in [0.3, 0.4) is 0 Å². The lowest BCUT2D eigenvalue weighted by molar-refractivity contribution is 0.0303. The van der Waals surface area contributed by atoms with Crippen LogP contribution in [0.4, 0.5) is 10.2 Å². The van der Waals surface area contributed by atoms with Crippen LogP contribution in [0.25, 0.3) is 16.9 Å². The lowest BCUT2D eigenvalue weighted by atomic mass is 10.0. The number of hydrogen-bond donors (Lipinski definition) is 1. The van der Waals surface area contributed by atoms with E-state index in [2.05, 4.69) is 15.4 Å². The zero-order valence-corrected chi connectivity index (χ0v) is 17.9. The maximum atomic E-state index is 14.4. The van der Waals surface area contributed by atoms with Crippen molar-refractivity contribution in [3.8, 4) is 11.3 Å². The molecule has 1 saturated heterocycles. The molecular formula is C24H21BFN5O2. The molecule has 1 fully saturated rings. The number of nitrogens with zero attached hydrogens (tertiary/aromatic N) is 4. The van der Waals surface area contributed by atoms with Gasteiger partial charge in [-0.3, -0.25) is 4.79 Å². The van der Waals surface area contributed by atoms with Gasteiger partial charge in [-0.05, 0) is 35.3 Å². The first-order valence-corrected chi connectivity index (χ1v) is 10.7. The van der Waals surface area contributed by atoms with Gasteiger partial charge in [0.05, 0.1) is 18.9 Å². The second-order valence-electron chi connectivity index (χ2n) is 7.80. The molecular weight excluding hydrogens is 420 g/mol. The van der Waals surface area contributed by atoms with E-state index < -0.39 is 0 Å². The Morgan fingerprint density at radius 1 is 1.12 bits per heavy atom. The molecule has 33 heavy (non-hydrogen) atoms. The van der Waals surface area contributed by atoms with Gasteiger partial charge in [0.15, 0.2) is 5.65 Å². The van der Waals surface area contributed by atoms with Crippen LogP contribution in [0.1, 0.15) is 15.9 Å². The number of carbonyl (C=O) groups is 1. The Morgan fingerprint density at radius 2 is 1.88 bits per heavy atom. The maximum Gasteiger partial charge on any atom is 0.254 e. The normalized spacial score (nSPS) is 13.9. The third-order valence-corrected chi connectivity index (χ3v) is 5.62. The number of rotatable bonds is 5. The van der Waals surface area contributed by atoms with E-state index in [1.165, 1.54) is 12.3 Å². The van der Waals surface area contributed by atoms with Gasteiger partial charge in [0.1, 0.15) is 19.5 Å². The molecule has 0 spiro atoms. The zero-order chi connectivity index (χ0) is 22.8. The summed E-state index contributed by atoms with van der Waals surface area (Å²) in [5, 5.41) is 7.62. The average Bonchev–Trinajstić information content (AvgIpc) is 3.24. The number of carbonyl (C=O) groups excluding carboxylic acids is 1. The van der Waals surface area contributed by atoms with Gasteiger partial charge >= 0.3 is 0 Å². The molecule has 1 aliphatic heterocycles. The van der Waals surface area contributed by atoms with E-state index in [-0.39, 0.29) is 11.7 Å². The van der Waals surface area contributed by atoms with Crippen LogP contribution in [0.5, 0.6) is 0 Å². The second-order valence-corrected chi connectivity index (χ2v) is 7.80. The van der Waals surface area contributed by atoms with E-state index in [4.69, 9.17) is 12.6 Å². The van der Waals surface area contributed by atoms with Gasteiger partial charge in [-0.1, -0.05) is 24.3 Å². The Bertz CT molecular complexity index is 1300. The molecule has 164 valence electrons. The minimum absolute atomic E-state index is 0.00944. The molecule has 1 aliphatic rings. The number of anilines is 1. The lowest BCUT2D eigenvalue weighted by Crippen LogP contribution is -2.40. The number of hydrogen-bond acceptors (Lipinski definition) is 5. The van der Waals surface area contributed by atoms with Crippen LogP contribution < -0.4 is 10.8 Å². The van der Waals surface area contributed by atoms with Crippen LogP contribution in [-0.2, 0) is 11.3 Å². The topological polar surface area (TPSA) is 71.8 Å². The summed E-state index contributed by atoms with van der Waals surface area (Å²) in [4.78, 5) is 18.9. The molecule has 0 aliphatic carbocycles. The molecule has 7 nitrogen and oxygen atoms in total. The Morgan fingerprint density at radius 3 is 2.64 bits per heavy atom. The minimum Gasteiger partial charge on any atom is -0.378 e. The molecule has 2 aromatic heterocycles. The largest absolute Gasteiger partial charge is 0.378 e. The molecule has 0 unspecified atom stereocenters. The summed E-state index contributed by atoms with van der Waals surface area (Å²) in [5.74, 6) is 0.275. The van der Waals surface area contributed by atoms with Gasteiger partial charge in [-0.25, -0.2) is 9.37 Å². The molecule has 0 atom stereocenters. The van der Waals surface area contributed by atoms with Crippen LogP contribution >= 0.6 is 0 Å². The number of morpholine rings is 1. The molecule has 4 aromatic rings. The van der Waals surface area contributed by atoms with E-state index in [9.17, 15) is 9.18 Å².